The Morgan fingerprint density at radius 1 is 0.729 bits per heavy atom. The molecule has 2 aliphatic carbocycles. The largest absolute Gasteiger partial charge is 0.508 e. The quantitative estimate of drug-likeness (QED) is 0.0943. The molecule has 0 radical (unpaired) electrons. The molecule has 0 spiro atoms. The first-order valence-electron chi connectivity index (χ1n) is 19.3. The van der Waals surface area contributed by atoms with Gasteiger partial charge in [-0.1, -0.05) is 102 Å². The summed E-state index contributed by atoms with van der Waals surface area (Å²) in [5, 5.41) is 11.0. The number of rotatable bonds is 8. The highest BCUT2D eigenvalue weighted by Crippen LogP contribution is 2.65. The summed E-state index contributed by atoms with van der Waals surface area (Å²) in [6.07, 6.45) is 6.19. The zero-order valence-corrected chi connectivity index (χ0v) is 33.6. The molecule has 9 rings (SSSR count). The van der Waals surface area contributed by atoms with E-state index in [4.69, 9.17) is 32.7 Å². The lowest BCUT2D eigenvalue weighted by Gasteiger charge is -2.51. The molecule has 0 aromatic heterocycles. The van der Waals surface area contributed by atoms with Crippen LogP contribution in [0.2, 0.25) is 10.0 Å². The molecule has 2 aliphatic heterocycles. The fourth-order valence-corrected chi connectivity index (χ4v) is 10.5. The SMILES string of the molecule is COc1ccc(OC)c(C=Cc2ccc(N3C(=O)[C@H]4[C@H](CC=C5[C@H]4C[C@H]4C(=O)N(c6cccc(Cl)c6)C(=O)[C@@]4(c4ccccc4)[C@H]5c4ccc(O)cc4Cl)C3=O)cc2)c1. The first kappa shape index (κ1) is 38.4. The van der Waals surface area contributed by atoms with Gasteiger partial charge in [0.15, 0.2) is 0 Å². The van der Waals surface area contributed by atoms with Crippen LogP contribution in [-0.2, 0) is 24.6 Å². The van der Waals surface area contributed by atoms with Gasteiger partial charge < -0.3 is 14.6 Å². The first-order chi connectivity index (χ1) is 28.6. The van der Waals surface area contributed by atoms with Crippen LogP contribution in [0.15, 0.2) is 127 Å². The van der Waals surface area contributed by atoms with Crippen molar-refractivity contribution in [1.82, 2.24) is 0 Å². The Hall–Kier alpha value is -6.16. The predicted molar refractivity (Wildman–Crippen MR) is 227 cm³/mol. The number of ether oxygens (including phenoxy) is 2. The summed E-state index contributed by atoms with van der Waals surface area (Å²) in [6, 6.07) is 33.2. The van der Waals surface area contributed by atoms with E-state index in [0.29, 0.717) is 39.0 Å². The molecule has 4 amide bonds. The van der Waals surface area contributed by atoms with E-state index in [9.17, 15) is 19.5 Å². The van der Waals surface area contributed by atoms with E-state index in [-0.39, 0.29) is 35.4 Å². The number of fused-ring (bicyclic) bond motifs is 4. The second kappa shape index (κ2) is 14.9. The molecule has 2 saturated heterocycles. The molecule has 1 N–H and O–H groups in total. The van der Waals surface area contributed by atoms with E-state index in [1.807, 2.05) is 78.9 Å². The number of benzene rings is 5. The van der Waals surface area contributed by atoms with Crippen molar-refractivity contribution in [3.63, 3.8) is 0 Å². The molecular weight excluding hydrogens is 787 g/mol. The lowest BCUT2D eigenvalue weighted by molar-refractivity contribution is -0.127. The summed E-state index contributed by atoms with van der Waals surface area (Å²) in [5.74, 6) is -4.04. The van der Waals surface area contributed by atoms with Gasteiger partial charge in [0.25, 0.3) is 0 Å². The number of phenols is 1. The Balaban J connectivity index is 1.12. The van der Waals surface area contributed by atoms with Gasteiger partial charge >= 0.3 is 0 Å². The minimum absolute atomic E-state index is 0.0581. The van der Waals surface area contributed by atoms with E-state index in [0.717, 1.165) is 16.7 Å². The number of amides is 4. The van der Waals surface area contributed by atoms with Crippen LogP contribution >= 0.6 is 23.2 Å². The molecule has 0 unspecified atom stereocenters. The van der Waals surface area contributed by atoms with E-state index < -0.39 is 46.8 Å². The highest BCUT2D eigenvalue weighted by atomic mass is 35.5. The van der Waals surface area contributed by atoms with E-state index >= 15 is 4.79 Å². The van der Waals surface area contributed by atoms with Crippen LogP contribution < -0.4 is 19.3 Å². The maximum Gasteiger partial charge on any atom is 0.246 e. The normalized spacial score (nSPS) is 24.9. The van der Waals surface area contributed by atoms with Gasteiger partial charge in [0, 0.05) is 21.5 Å². The Labute approximate surface area is 351 Å². The number of phenolic OH excluding ortho intramolecular Hbond substituents is 1. The molecule has 9 nitrogen and oxygen atoms in total. The third-order valence-electron chi connectivity index (χ3n) is 12.5. The fraction of sp³-hybridized carbons (Fsp3) is 0.208. The second-order valence-electron chi connectivity index (χ2n) is 15.3. The van der Waals surface area contributed by atoms with Crippen LogP contribution in [0.4, 0.5) is 11.4 Å². The van der Waals surface area contributed by atoms with Crippen molar-refractivity contribution in [3.05, 3.63) is 159 Å². The van der Waals surface area contributed by atoms with Crippen LogP contribution in [0.5, 0.6) is 17.2 Å². The average Bonchev–Trinajstić information content (AvgIpc) is 3.64. The van der Waals surface area contributed by atoms with Crippen LogP contribution in [0, 0.1) is 23.7 Å². The summed E-state index contributed by atoms with van der Waals surface area (Å²) in [7, 11) is 3.20. The fourth-order valence-electron chi connectivity index (χ4n) is 9.98. The summed E-state index contributed by atoms with van der Waals surface area (Å²) in [5.41, 5.74) is 2.88. The molecular formula is C48H38Cl2N2O7. The lowest BCUT2D eigenvalue weighted by atomic mass is 9.49. The number of carbonyl (C=O) groups is 4. The van der Waals surface area contributed by atoms with Gasteiger partial charge in [-0.05, 0) is 96.1 Å². The van der Waals surface area contributed by atoms with Gasteiger partial charge in [-0.25, -0.2) is 4.90 Å². The molecule has 3 fully saturated rings. The van der Waals surface area contributed by atoms with Gasteiger partial charge in [-0.15, -0.1) is 0 Å². The van der Waals surface area contributed by atoms with Gasteiger partial charge in [0.1, 0.15) is 17.2 Å². The van der Waals surface area contributed by atoms with Crippen LogP contribution in [0.1, 0.15) is 41.0 Å². The Morgan fingerprint density at radius 3 is 2.22 bits per heavy atom. The van der Waals surface area contributed by atoms with Crippen molar-refractivity contribution in [2.24, 2.45) is 23.7 Å². The zero-order valence-electron chi connectivity index (χ0n) is 32.0. The first-order valence-corrected chi connectivity index (χ1v) is 20.1. The smallest absolute Gasteiger partial charge is 0.246 e. The number of hydrogen-bond acceptors (Lipinski definition) is 7. The minimum Gasteiger partial charge on any atom is -0.508 e. The molecule has 6 atom stereocenters. The van der Waals surface area contributed by atoms with Crippen molar-refractivity contribution in [2.75, 3.05) is 24.0 Å². The summed E-state index contributed by atoms with van der Waals surface area (Å²) >= 11 is 13.4. The van der Waals surface area contributed by atoms with Gasteiger partial charge in [0.2, 0.25) is 23.6 Å². The van der Waals surface area contributed by atoms with Crippen LogP contribution in [0.3, 0.4) is 0 Å². The summed E-state index contributed by atoms with van der Waals surface area (Å²) < 4.78 is 10.9. The molecule has 2 heterocycles. The third kappa shape index (κ3) is 6.05. The van der Waals surface area contributed by atoms with Crippen molar-refractivity contribution in [3.8, 4) is 17.2 Å². The van der Waals surface area contributed by atoms with Crippen molar-refractivity contribution in [1.29, 1.82) is 0 Å². The molecule has 296 valence electrons. The van der Waals surface area contributed by atoms with Crippen molar-refractivity contribution >= 4 is 70.4 Å². The molecule has 59 heavy (non-hydrogen) atoms. The maximum atomic E-state index is 15.4. The second-order valence-corrected chi connectivity index (χ2v) is 16.2. The Bertz CT molecular complexity index is 2610. The monoisotopic (exact) mass is 824 g/mol. The number of imide groups is 2. The van der Waals surface area contributed by atoms with Crippen molar-refractivity contribution < 1.29 is 33.8 Å². The lowest BCUT2D eigenvalue weighted by Crippen LogP contribution is -2.53. The molecule has 4 aliphatic rings. The number of nitrogens with zero attached hydrogens (tertiary/aromatic N) is 2. The number of hydrogen-bond donors (Lipinski definition) is 1. The molecule has 1 saturated carbocycles. The Morgan fingerprint density at radius 2 is 1.51 bits per heavy atom. The molecule has 0 bridgehead atoms. The van der Waals surface area contributed by atoms with E-state index in [1.165, 1.54) is 21.9 Å². The predicted octanol–water partition coefficient (Wildman–Crippen LogP) is 9.25. The maximum absolute atomic E-state index is 15.4. The third-order valence-corrected chi connectivity index (χ3v) is 13.1. The van der Waals surface area contributed by atoms with E-state index in [2.05, 4.69) is 0 Å². The van der Waals surface area contributed by atoms with Gasteiger partial charge in [-0.2, -0.15) is 0 Å². The van der Waals surface area contributed by atoms with Crippen molar-refractivity contribution in [2.45, 2.75) is 24.2 Å². The molecule has 5 aromatic carbocycles. The number of allylic oxidation sites excluding steroid dienone is 2. The number of carbonyl (C=O) groups excluding carboxylic acids is 4. The average molecular weight is 826 g/mol. The standard InChI is InChI=1S/C48H38Cl2N2O7/c1-58-34-18-22-41(59-2)28(23-34)14-11-27-12-15-31(16-13-27)51-44(54)37-21-20-35-38(42(37)46(51)56)26-39-45(55)52(32-10-6-9-30(49)24-32)47(57)48(39,29-7-4-3-5-8-29)43(35)36-19-17-33(53)25-40(36)50/h3-20,22-25,37-39,42-43,53H,21,26H2,1-2H3/t37-,38+,39-,42-,43+,48+/m0/s1. The molecule has 5 aromatic rings. The van der Waals surface area contributed by atoms with Gasteiger partial charge in [-0.3, -0.25) is 24.1 Å². The highest BCUT2D eigenvalue weighted by Gasteiger charge is 2.70. The summed E-state index contributed by atoms with van der Waals surface area (Å²) in [6.45, 7) is 0. The van der Waals surface area contributed by atoms with Gasteiger partial charge in [0.05, 0.1) is 48.8 Å². The van der Waals surface area contributed by atoms with Crippen LogP contribution in [-0.4, -0.2) is 43.0 Å². The number of aromatic hydroxyl groups is 1. The number of methoxy groups -OCH3 is 2. The zero-order chi connectivity index (χ0) is 41.2. The van der Waals surface area contributed by atoms with Crippen LogP contribution in [0.25, 0.3) is 12.2 Å². The summed E-state index contributed by atoms with van der Waals surface area (Å²) in [4.78, 5) is 62.0. The highest BCUT2D eigenvalue weighted by molar-refractivity contribution is 6.33. The topological polar surface area (TPSA) is 113 Å². The minimum atomic E-state index is -1.49. The Kier molecular flexibility index (Phi) is 9.69. The molecule has 11 heteroatoms. The number of anilines is 2. The number of halogens is 2. The van der Waals surface area contributed by atoms with E-state index in [1.54, 1.807) is 56.7 Å².